The van der Waals surface area contributed by atoms with Gasteiger partial charge in [0, 0.05) is 5.92 Å². The lowest BCUT2D eigenvalue weighted by atomic mass is 9.55. The summed E-state index contributed by atoms with van der Waals surface area (Å²) in [5, 5.41) is 0. The molecule has 0 aromatic carbocycles. The summed E-state index contributed by atoms with van der Waals surface area (Å²) in [7, 11) is 0. The normalized spacial score (nSPS) is 53.1. The van der Waals surface area contributed by atoms with E-state index in [-0.39, 0.29) is 0 Å². The summed E-state index contributed by atoms with van der Waals surface area (Å²) in [5.74, 6) is 4.94. The van der Waals surface area contributed by atoms with Crippen molar-refractivity contribution < 1.29 is 0 Å². The number of rotatable bonds is 1. The molecule has 1 unspecified atom stereocenters. The molecule has 2 saturated carbocycles. The van der Waals surface area contributed by atoms with E-state index in [1.165, 1.54) is 32.1 Å². The van der Waals surface area contributed by atoms with Crippen molar-refractivity contribution in [3.8, 4) is 0 Å². The fourth-order valence-electron chi connectivity index (χ4n) is 4.05. The Balaban J connectivity index is 1.65. The van der Waals surface area contributed by atoms with E-state index in [0.717, 1.165) is 29.6 Å². The van der Waals surface area contributed by atoms with E-state index in [2.05, 4.69) is 18.2 Å². The molecule has 0 heterocycles. The molecule has 6 aliphatic rings. The summed E-state index contributed by atoms with van der Waals surface area (Å²) in [4.78, 5) is 0. The first-order valence-corrected chi connectivity index (χ1v) is 6.28. The standard InChI is InChI=1S/C14H18/c1-3-13(11-5-9(1)6-11)14-4-2-10-7-12(14)8-10/h1,3-4,9-13H,2,5-8H2. The highest BCUT2D eigenvalue weighted by Crippen LogP contribution is 2.54. The lowest BCUT2D eigenvalue weighted by molar-refractivity contribution is 0.138. The molecule has 0 spiro atoms. The average Bonchev–Trinajstić information content (AvgIpc) is 2.15. The van der Waals surface area contributed by atoms with E-state index in [4.69, 9.17) is 0 Å². The molecule has 1 atom stereocenters. The van der Waals surface area contributed by atoms with Crippen LogP contribution in [0.2, 0.25) is 0 Å². The van der Waals surface area contributed by atoms with Crippen molar-refractivity contribution in [3.63, 3.8) is 0 Å². The van der Waals surface area contributed by atoms with Gasteiger partial charge < -0.3 is 0 Å². The van der Waals surface area contributed by atoms with E-state index in [9.17, 15) is 0 Å². The summed E-state index contributed by atoms with van der Waals surface area (Å²) < 4.78 is 0. The van der Waals surface area contributed by atoms with Crippen LogP contribution in [0.1, 0.15) is 32.1 Å². The van der Waals surface area contributed by atoms with Crippen LogP contribution in [-0.2, 0) is 0 Å². The van der Waals surface area contributed by atoms with Gasteiger partial charge in [-0.15, -0.1) is 0 Å². The monoisotopic (exact) mass is 186 g/mol. The Hall–Kier alpha value is -0.520. The molecule has 2 fully saturated rings. The first kappa shape index (κ1) is 7.73. The quantitative estimate of drug-likeness (QED) is 0.549. The Kier molecular flexibility index (Phi) is 1.40. The van der Waals surface area contributed by atoms with Gasteiger partial charge in [0.15, 0.2) is 0 Å². The van der Waals surface area contributed by atoms with Crippen LogP contribution < -0.4 is 0 Å². The molecule has 14 heavy (non-hydrogen) atoms. The largest absolute Gasteiger partial charge is 0.0848 e. The van der Waals surface area contributed by atoms with Gasteiger partial charge in [0.2, 0.25) is 0 Å². The summed E-state index contributed by atoms with van der Waals surface area (Å²) >= 11 is 0. The van der Waals surface area contributed by atoms with Gasteiger partial charge in [0.1, 0.15) is 0 Å². The van der Waals surface area contributed by atoms with Gasteiger partial charge in [0.05, 0.1) is 0 Å². The Morgan fingerprint density at radius 3 is 2.43 bits per heavy atom. The zero-order chi connectivity index (χ0) is 9.12. The molecule has 0 saturated heterocycles. The van der Waals surface area contributed by atoms with E-state index in [1.54, 1.807) is 0 Å². The molecule has 74 valence electrons. The molecule has 0 radical (unpaired) electrons. The van der Waals surface area contributed by atoms with Gasteiger partial charge in [0.25, 0.3) is 0 Å². The Labute approximate surface area is 86.1 Å². The number of hydrogen-bond donors (Lipinski definition) is 0. The second kappa shape index (κ2) is 2.53. The maximum Gasteiger partial charge on any atom is 0.000831 e. The Morgan fingerprint density at radius 2 is 1.86 bits per heavy atom. The number of allylic oxidation sites excluding steroid dienone is 4. The van der Waals surface area contributed by atoms with Crippen molar-refractivity contribution in [2.75, 3.05) is 0 Å². The number of hydrogen-bond acceptors (Lipinski definition) is 0. The topological polar surface area (TPSA) is 0 Å². The maximum absolute atomic E-state index is 2.59. The van der Waals surface area contributed by atoms with Crippen LogP contribution in [0.25, 0.3) is 0 Å². The molecule has 0 amide bonds. The smallest absolute Gasteiger partial charge is 0.000831 e. The van der Waals surface area contributed by atoms with Crippen LogP contribution in [0.5, 0.6) is 0 Å². The predicted molar refractivity (Wildman–Crippen MR) is 57.8 cm³/mol. The summed E-state index contributed by atoms with van der Waals surface area (Å²) in [5.41, 5.74) is 1.84. The second-order valence-corrected chi connectivity index (χ2v) is 5.88. The highest BCUT2D eigenvalue weighted by atomic mass is 14.5. The van der Waals surface area contributed by atoms with Gasteiger partial charge in [-0.3, -0.25) is 0 Å². The highest BCUT2D eigenvalue weighted by molar-refractivity contribution is 5.28. The van der Waals surface area contributed by atoms with Crippen LogP contribution in [-0.4, -0.2) is 0 Å². The van der Waals surface area contributed by atoms with Crippen LogP contribution >= 0.6 is 0 Å². The van der Waals surface area contributed by atoms with Crippen molar-refractivity contribution in [3.05, 3.63) is 23.8 Å². The lowest BCUT2D eigenvalue weighted by Crippen LogP contribution is -2.39. The fraction of sp³-hybridized carbons (Fsp3) is 0.714. The van der Waals surface area contributed by atoms with Gasteiger partial charge in [-0.1, -0.05) is 23.8 Å². The minimum absolute atomic E-state index is 0.867. The van der Waals surface area contributed by atoms with Crippen LogP contribution in [0.3, 0.4) is 0 Å². The zero-order valence-electron chi connectivity index (χ0n) is 8.65. The number of fused-ring (bicyclic) bond motifs is 3. The van der Waals surface area contributed by atoms with Crippen LogP contribution in [0.15, 0.2) is 23.8 Å². The molecule has 6 rings (SSSR count). The molecule has 4 bridgehead atoms. The molecule has 6 aliphatic carbocycles. The first-order valence-electron chi connectivity index (χ1n) is 6.28. The van der Waals surface area contributed by atoms with Crippen molar-refractivity contribution in [1.29, 1.82) is 0 Å². The third kappa shape index (κ3) is 0.898. The van der Waals surface area contributed by atoms with Gasteiger partial charge >= 0.3 is 0 Å². The third-order valence-electron chi connectivity index (χ3n) is 5.09. The molecular weight excluding hydrogens is 168 g/mol. The van der Waals surface area contributed by atoms with Crippen molar-refractivity contribution in [1.82, 2.24) is 0 Å². The SMILES string of the molecule is C1=CC(C2=CCC3CC2C3)C2CC1C2. The molecule has 0 aromatic heterocycles. The third-order valence-corrected chi connectivity index (χ3v) is 5.09. The van der Waals surface area contributed by atoms with Gasteiger partial charge in [-0.25, -0.2) is 0 Å². The summed E-state index contributed by atoms with van der Waals surface area (Å²) in [6.07, 6.45) is 15.0. The minimum atomic E-state index is 0.867. The Morgan fingerprint density at radius 1 is 1.00 bits per heavy atom. The molecule has 0 aliphatic heterocycles. The van der Waals surface area contributed by atoms with Crippen molar-refractivity contribution in [2.45, 2.75) is 32.1 Å². The zero-order valence-corrected chi connectivity index (χ0v) is 8.65. The molecule has 0 N–H and O–H groups in total. The highest BCUT2D eigenvalue weighted by Gasteiger charge is 2.43. The maximum atomic E-state index is 2.59. The van der Waals surface area contributed by atoms with E-state index in [1.807, 2.05) is 5.57 Å². The van der Waals surface area contributed by atoms with Gasteiger partial charge in [-0.2, -0.15) is 0 Å². The van der Waals surface area contributed by atoms with E-state index < -0.39 is 0 Å². The first-order chi connectivity index (χ1) is 6.90. The molecule has 0 aromatic rings. The predicted octanol–water partition coefficient (Wildman–Crippen LogP) is 3.55. The average molecular weight is 186 g/mol. The molecular formula is C14H18. The van der Waals surface area contributed by atoms with Gasteiger partial charge in [-0.05, 0) is 55.8 Å². The van der Waals surface area contributed by atoms with Crippen LogP contribution in [0.4, 0.5) is 0 Å². The van der Waals surface area contributed by atoms with E-state index >= 15 is 0 Å². The summed E-state index contributed by atoms with van der Waals surface area (Å²) in [6.45, 7) is 0. The minimum Gasteiger partial charge on any atom is -0.0848 e. The second-order valence-electron chi connectivity index (χ2n) is 5.88. The summed E-state index contributed by atoms with van der Waals surface area (Å²) in [6, 6.07) is 0. The van der Waals surface area contributed by atoms with Crippen molar-refractivity contribution in [2.24, 2.45) is 29.6 Å². The fourth-order valence-corrected chi connectivity index (χ4v) is 4.05. The van der Waals surface area contributed by atoms with Crippen molar-refractivity contribution >= 4 is 0 Å². The Bertz CT molecular complexity index is 311. The molecule has 0 nitrogen and oxygen atoms in total. The molecule has 0 heteroatoms. The lowest BCUT2D eigenvalue weighted by Gasteiger charge is -2.50. The van der Waals surface area contributed by atoms with Crippen LogP contribution in [0, 0.1) is 29.6 Å². The van der Waals surface area contributed by atoms with E-state index in [0.29, 0.717) is 0 Å².